The predicted molar refractivity (Wildman–Crippen MR) is 99.0 cm³/mol. The molecule has 10 heteroatoms. The number of methoxy groups -OCH3 is 1. The number of nitrogens with one attached hydrogen (secondary N) is 1. The molecule has 1 rings (SSSR count). The van der Waals surface area contributed by atoms with Gasteiger partial charge in [0.1, 0.15) is 17.3 Å². The Morgan fingerprint density at radius 2 is 1.96 bits per heavy atom. The maximum absolute atomic E-state index is 11.8. The number of esters is 1. The van der Waals surface area contributed by atoms with E-state index in [1.54, 1.807) is 33.8 Å². The van der Waals surface area contributed by atoms with Gasteiger partial charge in [-0.05, 0) is 39.3 Å². The molecule has 1 aromatic carbocycles. The minimum atomic E-state index is -1.23. The number of aliphatic carboxylic acids is 1. The lowest BCUT2D eigenvalue weighted by Crippen LogP contribution is -2.70. The van der Waals surface area contributed by atoms with Crippen LogP contribution in [0.25, 0.3) is 0 Å². The first kappa shape index (κ1) is 22.7. The normalized spacial score (nSPS) is 12.2. The monoisotopic (exact) mass is 400 g/mol. The molecule has 0 spiro atoms. The maximum Gasteiger partial charge on any atom is 0.408 e. The van der Waals surface area contributed by atoms with Crippen LogP contribution in [0, 0.1) is 12.1 Å². The maximum atomic E-state index is 11.8. The molecule has 0 heterocycles. The minimum absolute atomic E-state index is 0.0353. The van der Waals surface area contributed by atoms with Gasteiger partial charge >= 0.3 is 18.0 Å². The van der Waals surface area contributed by atoms with Crippen LogP contribution in [0.4, 0.5) is 10.5 Å². The first-order chi connectivity index (χ1) is 12.5. The SMILES string of the molecule is COC(=O)c1cc([NH2+][O-])c(SC[C@H](NC(=O)OC(C)(C)C)C(=O)O)cc1C. The van der Waals surface area contributed by atoms with Gasteiger partial charge in [0.25, 0.3) is 0 Å². The molecule has 0 saturated heterocycles. The number of thioether (sulfide) groups is 1. The fraction of sp³-hybridized carbons (Fsp3) is 0.471. The Bertz CT molecular complexity index is 716. The number of nitrogens with two attached hydrogens (primary N) is 1. The largest absolute Gasteiger partial charge is 0.630 e. The standard InChI is InChI=1S/C17H24N2O7S/c1-9-6-13(11(19-24)7-10(9)15(22)25-5)27-8-12(14(20)21)18-16(23)26-17(2,3)4/h6-7,12H,8,19H2,1-5H3,(H,18,23)(H,20,21)/t12-/m0/s1. The van der Waals surface area contributed by atoms with Gasteiger partial charge in [0.05, 0.1) is 17.6 Å². The summed E-state index contributed by atoms with van der Waals surface area (Å²) >= 11 is 1.08. The Balaban J connectivity index is 2.92. The van der Waals surface area contributed by atoms with Gasteiger partial charge in [0.15, 0.2) is 0 Å². The third kappa shape index (κ3) is 7.08. The van der Waals surface area contributed by atoms with Crippen molar-refractivity contribution in [3.8, 4) is 0 Å². The van der Waals surface area contributed by atoms with Gasteiger partial charge in [-0.3, -0.25) is 0 Å². The topological polar surface area (TPSA) is 142 Å². The van der Waals surface area contributed by atoms with Crippen LogP contribution in [0.15, 0.2) is 17.0 Å². The van der Waals surface area contributed by atoms with Gasteiger partial charge in [0.2, 0.25) is 0 Å². The molecule has 0 unspecified atom stereocenters. The summed E-state index contributed by atoms with van der Waals surface area (Å²) in [6.45, 7) is 6.68. The Hall–Kier alpha value is -2.30. The molecule has 0 saturated carbocycles. The van der Waals surface area contributed by atoms with E-state index >= 15 is 0 Å². The van der Waals surface area contributed by atoms with Crippen molar-refractivity contribution in [2.45, 2.75) is 44.2 Å². The number of carboxylic acids is 1. The number of quaternary nitrogens is 1. The van der Waals surface area contributed by atoms with E-state index in [9.17, 15) is 24.7 Å². The molecule has 150 valence electrons. The Kier molecular flexibility index (Phi) is 8.07. The first-order valence-electron chi connectivity index (χ1n) is 8.01. The summed E-state index contributed by atoms with van der Waals surface area (Å²) in [4.78, 5) is 35.4. The smallest absolute Gasteiger partial charge is 0.408 e. The third-order valence-corrected chi connectivity index (χ3v) is 4.45. The van der Waals surface area contributed by atoms with E-state index < -0.39 is 29.7 Å². The van der Waals surface area contributed by atoms with Gasteiger partial charge in [-0.2, -0.15) is 0 Å². The lowest BCUT2D eigenvalue weighted by atomic mass is 10.1. The predicted octanol–water partition coefficient (Wildman–Crippen LogP) is 1.54. The number of hydrogen-bond acceptors (Lipinski definition) is 7. The fourth-order valence-electron chi connectivity index (χ4n) is 2.04. The molecule has 27 heavy (non-hydrogen) atoms. The Labute approximate surface area is 161 Å². The van der Waals surface area contributed by atoms with E-state index in [0.29, 0.717) is 15.9 Å². The molecule has 1 amide bonds. The number of alkyl carbamates (subject to hydrolysis) is 1. The zero-order chi connectivity index (χ0) is 20.8. The number of hydrogen-bond donors (Lipinski definition) is 3. The second kappa shape index (κ2) is 9.58. The molecule has 9 nitrogen and oxygen atoms in total. The average Bonchev–Trinajstić information content (AvgIpc) is 2.56. The van der Waals surface area contributed by atoms with Crippen molar-refractivity contribution in [1.82, 2.24) is 5.32 Å². The molecule has 1 atom stereocenters. The van der Waals surface area contributed by atoms with E-state index in [-0.39, 0.29) is 17.0 Å². The third-order valence-electron chi connectivity index (χ3n) is 3.28. The summed E-state index contributed by atoms with van der Waals surface area (Å²) in [5.74, 6) is -1.84. The summed E-state index contributed by atoms with van der Waals surface area (Å²) in [5, 5.41) is 22.9. The van der Waals surface area contributed by atoms with Gasteiger partial charge in [-0.15, -0.1) is 11.8 Å². The zero-order valence-electron chi connectivity index (χ0n) is 15.8. The lowest BCUT2D eigenvalue weighted by Gasteiger charge is -2.22. The minimum Gasteiger partial charge on any atom is -0.630 e. The summed E-state index contributed by atoms with van der Waals surface area (Å²) < 4.78 is 9.73. The van der Waals surface area contributed by atoms with E-state index in [0.717, 1.165) is 11.8 Å². The van der Waals surface area contributed by atoms with Crippen LogP contribution in [-0.2, 0) is 14.3 Å². The molecule has 0 aliphatic rings. The van der Waals surface area contributed by atoms with Crippen LogP contribution in [0.5, 0.6) is 0 Å². The molecule has 0 aliphatic heterocycles. The summed E-state index contributed by atoms with van der Waals surface area (Å²) in [6, 6.07) is 1.78. The number of rotatable bonds is 7. The van der Waals surface area contributed by atoms with Crippen molar-refractivity contribution in [3.63, 3.8) is 0 Å². The van der Waals surface area contributed by atoms with Crippen molar-refractivity contribution in [3.05, 3.63) is 28.5 Å². The van der Waals surface area contributed by atoms with Crippen LogP contribution < -0.4 is 10.8 Å². The van der Waals surface area contributed by atoms with Gasteiger partial charge < -0.3 is 30.6 Å². The van der Waals surface area contributed by atoms with Crippen molar-refractivity contribution < 1.29 is 34.4 Å². The summed E-state index contributed by atoms with van der Waals surface area (Å²) in [5.41, 5.74) is 0.886. The average molecular weight is 400 g/mol. The number of carbonyl (C=O) groups excluding carboxylic acids is 2. The quantitative estimate of drug-likeness (QED) is 0.271. The molecule has 0 aliphatic carbocycles. The van der Waals surface area contributed by atoms with Crippen molar-refractivity contribution in [2.24, 2.45) is 0 Å². The van der Waals surface area contributed by atoms with E-state index in [1.807, 2.05) is 0 Å². The highest BCUT2D eigenvalue weighted by molar-refractivity contribution is 7.99. The Morgan fingerprint density at radius 3 is 2.44 bits per heavy atom. The molecule has 0 fully saturated rings. The van der Waals surface area contributed by atoms with Crippen LogP contribution in [0.1, 0.15) is 36.7 Å². The molecular formula is C17H24N2O7S. The number of aryl methyl sites for hydroxylation is 1. The van der Waals surface area contributed by atoms with E-state index in [4.69, 9.17) is 4.74 Å². The number of benzene rings is 1. The zero-order valence-corrected chi connectivity index (χ0v) is 16.6. The van der Waals surface area contributed by atoms with Gasteiger partial charge in [-0.1, -0.05) is 0 Å². The number of amides is 1. The molecular weight excluding hydrogens is 376 g/mol. The molecule has 0 aromatic heterocycles. The summed E-state index contributed by atoms with van der Waals surface area (Å²) in [7, 11) is 1.24. The lowest BCUT2D eigenvalue weighted by molar-refractivity contribution is -0.499. The highest BCUT2D eigenvalue weighted by Crippen LogP contribution is 2.28. The van der Waals surface area contributed by atoms with Gasteiger partial charge in [0, 0.05) is 11.8 Å². The highest BCUT2D eigenvalue weighted by Gasteiger charge is 2.25. The van der Waals surface area contributed by atoms with E-state index in [1.165, 1.54) is 13.2 Å². The first-order valence-corrected chi connectivity index (χ1v) is 9.00. The van der Waals surface area contributed by atoms with Crippen LogP contribution in [0.3, 0.4) is 0 Å². The second-order valence-electron chi connectivity index (χ2n) is 6.66. The molecule has 1 aromatic rings. The van der Waals surface area contributed by atoms with Crippen LogP contribution >= 0.6 is 11.8 Å². The van der Waals surface area contributed by atoms with Crippen molar-refractivity contribution in [1.29, 1.82) is 0 Å². The summed E-state index contributed by atoms with van der Waals surface area (Å²) in [6.07, 6.45) is -0.844. The molecule has 0 bridgehead atoms. The van der Waals surface area contributed by atoms with Crippen molar-refractivity contribution in [2.75, 3.05) is 12.9 Å². The number of carbonyl (C=O) groups is 3. The Morgan fingerprint density at radius 1 is 1.33 bits per heavy atom. The van der Waals surface area contributed by atoms with Crippen LogP contribution in [0.2, 0.25) is 0 Å². The number of ether oxygens (including phenoxy) is 2. The van der Waals surface area contributed by atoms with Crippen LogP contribution in [-0.4, -0.2) is 47.6 Å². The highest BCUT2D eigenvalue weighted by atomic mass is 32.2. The van der Waals surface area contributed by atoms with Gasteiger partial charge in [-0.25, -0.2) is 14.4 Å². The molecule has 0 radical (unpaired) electrons. The molecule has 4 N–H and O–H groups in total. The second-order valence-corrected chi connectivity index (χ2v) is 7.72. The van der Waals surface area contributed by atoms with Crippen molar-refractivity contribution >= 4 is 35.5 Å². The number of carboxylic acid groups (broad SMARTS) is 1. The fourth-order valence-corrected chi connectivity index (χ4v) is 3.15. The van der Waals surface area contributed by atoms with E-state index in [2.05, 4.69) is 10.1 Å².